The van der Waals surface area contributed by atoms with Gasteiger partial charge in [-0.05, 0) is 39.8 Å². The first kappa shape index (κ1) is 14.8. The van der Waals surface area contributed by atoms with Gasteiger partial charge in [-0.2, -0.15) is 0 Å². The van der Waals surface area contributed by atoms with Crippen molar-refractivity contribution in [2.45, 2.75) is 39.8 Å². The van der Waals surface area contributed by atoms with Crippen molar-refractivity contribution in [3.63, 3.8) is 0 Å². The second kappa shape index (κ2) is 6.04. The van der Waals surface area contributed by atoms with Crippen LogP contribution in [0, 0.1) is 10.1 Å². The summed E-state index contributed by atoms with van der Waals surface area (Å²) in [5.41, 5.74) is 1.13. The molecule has 0 aliphatic heterocycles. The standard InChI is InChI=1S/C12H18BrN3O2/c1-7(2)14-10-5-9(13)6-11(15-8(3)4)12(10)16(17)18/h5-8,14-15H,1-4H3. The van der Waals surface area contributed by atoms with E-state index in [2.05, 4.69) is 26.6 Å². The van der Waals surface area contributed by atoms with Crippen molar-refractivity contribution < 1.29 is 4.92 Å². The first-order chi connectivity index (χ1) is 8.31. The van der Waals surface area contributed by atoms with Crippen LogP contribution in [0.1, 0.15) is 27.7 Å². The molecule has 2 N–H and O–H groups in total. The summed E-state index contributed by atoms with van der Waals surface area (Å²) >= 11 is 3.37. The van der Waals surface area contributed by atoms with Gasteiger partial charge in [-0.3, -0.25) is 10.1 Å². The maximum Gasteiger partial charge on any atom is 0.315 e. The summed E-state index contributed by atoms with van der Waals surface area (Å²) in [6, 6.07) is 3.71. The molecule has 0 bridgehead atoms. The molecule has 18 heavy (non-hydrogen) atoms. The summed E-state index contributed by atoms with van der Waals surface area (Å²) in [7, 11) is 0. The van der Waals surface area contributed by atoms with E-state index in [1.165, 1.54) is 0 Å². The quantitative estimate of drug-likeness (QED) is 0.636. The Morgan fingerprint density at radius 2 is 1.50 bits per heavy atom. The smallest absolute Gasteiger partial charge is 0.315 e. The zero-order valence-corrected chi connectivity index (χ0v) is 12.5. The van der Waals surface area contributed by atoms with Gasteiger partial charge in [-0.15, -0.1) is 0 Å². The Labute approximate surface area is 115 Å². The fraction of sp³-hybridized carbons (Fsp3) is 0.500. The number of nitro benzene ring substituents is 1. The van der Waals surface area contributed by atoms with Gasteiger partial charge in [0.2, 0.25) is 0 Å². The van der Waals surface area contributed by atoms with Crippen LogP contribution in [-0.4, -0.2) is 17.0 Å². The predicted molar refractivity (Wildman–Crippen MR) is 78.3 cm³/mol. The highest BCUT2D eigenvalue weighted by Crippen LogP contribution is 2.37. The van der Waals surface area contributed by atoms with Gasteiger partial charge < -0.3 is 10.6 Å². The number of nitro groups is 1. The summed E-state index contributed by atoms with van der Waals surface area (Å²) in [6.07, 6.45) is 0. The highest BCUT2D eigenvalue weighted by atomic mass is 79.9. The molecule has 6 heteroatoms. The largest absolute Gasteiger partial charge is 0.377 e. The third-order valence-corrected chi connectivity index (χ3v) is 2.60. The normalized spacial score (nSPS) is 10.8. The first-order valence-electron chi connectivity index (χ1n) is 5.82. The topological polar surface area (TPSA) is 67.2 Å². The van der Waals surface area contributed by atoms with Crippen LogP contribution in [0.2, 0.25) is 0 Å². The van der Waals surface area contributed by atoms with Gasteiger partial charge in [-0.1, -0.05) is 15.9 Å². The Morgan fingerprint density at radius 3 is 1.78 bits per heavy atom. The molecule has 0 unspecified atom stereocenters. The molecule has 1 aromatic rings. The number of benzene rings is 1. The molecule has 0 aliphatic carbocycles. The molecule has 0 atom stereocenters. The van der Waals surface area contributed by atoms with E-state index in [0.717, 1.165) is 4.47 Å². The van der Waals surface area contributed by atoms with Crippen molar-refractivity contribution in [1.29, 1.82) is 0 Å². The minimum Gasteiger partial charge on any atom is -0.377 e. The molecule has 0 aromatic heterocycles. The summed E-state index contributed by atoms with van der Waals surface area (Å²) in [6.45, 7) is 7.78. The van der Waals surface area contributed by atoms with E-state index in [9.17, 15) is 10.1 Å². The molecule has 0 radical (unpaired) electrons. The summed E-state index contributed by atoms with van der Waals surface area (Å²) in [4.78, 5) is 10.9. The van der Waals surface area contributed by atoms with Crippen LogP contribution in [0.3, 0.4) is 0 Å². The minimum absolute atomic E-state index is 0.0839. The van der Waals surface area contributed by atoms with Crippen LogP contribution < -0.4 is 10.6 Å². The lowest BCUT2D eigenvalue weighted by molar-refractivity contribution is -0.383. The van der Waals surface area contributed by atoms with Crippen molar-refractivity contribution in [2.75, 3.05) is 10.6 Å². The fourth-order valence-corrected chi connectivity index (χ4v) is 2.10. The van der Waals surface area contributed by atoms with Gasteiger partial charge in [0, 0.05) is 16.6 Å². The van der Waals surface area contributed by atoms with E-state index in [0.29, 0.717) is 11.4 Å². The molecule has 0 heterocycles. The van der Waals surface area contributed by atoms with E-state index in [4.69, 9.17) is 0 Å². The van der Waals surface area contributed by atoms with Crippen LogP contribution in [0.15, 0.2) is 16.6 Å². The molecule has 1 rings (SSSR count). The average molecular weight is 316 g/mol. The number of halogens is 1. The average Bonchev–Trinajstić information content (AvgIpc) is 2.12. The van der Waals surface area contributed by atoms with Gasteiger partial charge in [0.25, 0.3) is 0 Å². The second-order valence-electron chi connectivity index (χ2n) is 4.70. The Balaban J connectivity index is 3.31. The van der Waals surface area contributed by atoms with Crippen LogP contribution in [0.5, 0.6) is 0 Å². The first-order valence-corrected chi connectivity index (χ1v) is 6.61. The number of nitrogens with zero attached hydrogens (tertiary/aromatic N) is 1. The number of rotatable bonds is 5. The lowest BCUT2D eigenvalue weighted by Crippen LogP contribution is -2.15. The molecule has 0 amide bonds. The zero-order chi connectivity index (χ0) is 13.9. The highest BCUT2D eigenvalue weighted by Gasteiger charge is 2.21. The van der Waals surface area contributed by atoms with Gasteiger partial charge >= 0.3 is 5.69 Å². The van der Waals surface area contributed by atoms with E-state index in [1.807, 2.05) is 27.7 Å². The maximum absolute atomic E-state index is 11.2. The van der Waals surface area contributed by atoms with Gasteiger partial charge in [0.05, 0.1) is 4.92 Å². The summed E-state index contributed by atoms with van der Waals surface area (Å²) < 4.78 is 0.805. The Bertz CT molecular complexity index is 416. The molecule has 1 aromatic carbocycles. The Kier molecular flexibility index (Phi) is 4.95. The second-order valence-corrected chi connectivity index (χ2v) is 5.62. The van der Waals surface area contributed by atoms with Gasteiger partial charge in [-0.25, -0.2) is 0 Å². The van der Waals surface area contributed by atoms with Crippen molar-refractivity contribution >= 4 is 33.0 Å². The third kappa shape index (κ3) is 3.87. The van der Waals surface area contributed by atoms with Crippen molar-refractivity contribution in [3.8, 4) is 0 Å². The monoisotopic (exact) mass is 315 g/mol. The number of anilines is 2. The molecule has 0 saturated carbocycles. The van der Waals surface area contributed by atoms with Crippen LogP contribution in [0.25, 0.3) is 0 Å². The lowest BCUT2D eigenvalue weighted by atomic mass is 10.2. The zero-order valence-electron chi connectivity index (χ0n) is 11.0. The highest BCUT2D eigenvalue weighted by molar-refractivity contribution is 9.10. The van der Waals surface area contributed by atoms with Crippen molar-refractivity contribution in [1.82, 2.24) is 0 Å². The molecular weight excluding hydrogens is 298 g/mol. The van der Waals surface area contributed by atoms with Gasteiger partial charge in [0.1, 0.15) is 11.4 Å². The minimum atomic E-state index is -0.359. The van der Waals surface area contributed by atoms with E-state index in [1.54, 1.807) is 12.1 Å². The van der Waals surface area contributed by atoms with Crippen molar-refractivity contribution in [3.05, 3.63) is 26.7 Å². The van der Waals surface area contributed by atoms with E-state index in [-0.39, 0.29) is 22.7 Å². The number of hydrogen-bond donors (Lipinski definition) is 2. The van der Waals surface area contributed by atoms with Crippen LogP contribution in [-0.2, 0) is 0 Å². The SMILES string of the molecule is CC(C)Nc1cc(Br)cc(NC(C)C)c1[N+](=O)[O-]. The van der Waals surface area contributed by atoms with Crippen molar-refractivity contribution in [2.24, 2.45) is 0 Å². The third-order valence-electron chi connectivity index (χ3n) is 2.15. The molecule has 0 aliphatic rings. The molecule has 0 spiro atoms. The predicted octanol–water partition coefficient (Wildman–Crippen LogP) is 4.00. The molecule has 100 valence electrons. The summed E-state index contributed by atoms with van der Waals surface area (Å²) in [5, 5.41) is 17.4. The molecule has 0 fully saturated rings. The van der Waals surface area contributed by atoms with E-state index < -0.39 is 0 Å². The van der Waals surface area contributed by atoms with Gasteiger partial charge in [0.15, 0.2) is 0 Å². The molecule has 0 saturated heterocycles. The Morgan fingerprint density at radius 1 is 1.11 bits per heavy atom. The van der Waals surface area contributed by atoms with Crippen LogP contribution >= 0.6 is 15.9 Å². The summed E-state index contributed by atoms with van der Waals surface area (Å²) in [5.74, 6) is 0. The number of nitrogens with one attached hydrogen (secondary N) is 2. The fourth-order valence-electron chi connectivity index (χ4n) is 1.64. The Hall–Kier alpha value is -1.30. The maximum atomic E-state index is 11.2. The number of hydrogen-bond acceptors (Lipinski definition) is 4. The molecular formula is C12H18BrN3O2. The van der Waals surface area contributed by atoms with E-state index >= 15 is 0 Å². The lowest BCUT2D eigenvalue weighted by Gasteiger charge is -2.16. The van der Waals surface area contributed by atoms with Crippen LogP contribution in [0.4, 0.5) is 17.1 Å². The molecule has 5 nitrogen and oxygen atoms in total.